The normalized spacial score (nSPS) is 10.6. The highest BCUT2D eigenvalue weighted by Gasteiger charge is 2.13. The molecule has 1 amide bonds. The lowest BCUT2D eigenvalue weighted by atomic mass is 10.1. The van der Waals surface area contributed by atoms with Crippen molar-refractivity contribution >= 4 is 39.0 Å². The number of benzene rings is 2. The maximum Gasteiger partial charge on any atom is 0.288 e. The Balaban J connectivity index is 1.93. The highest BCUT2D eigenvalue weighted by atomic mass is 79.9. The molecule has 6 nitrogen and oxygen atoms in total. The molecule has 2 aromatic carbocycles. The summed E-state index contributed by atoms with van der Waals surface area (Å²) < 4.78 is 0.849. The minimum Gasteiger partial charge on any atom is -0.386 e. The van der Waals surface area contributed by atoms with Gasteiger partial charge >= 0.3 is 0 Å². The molecule has 24 heavy (non-hydrogen) atoms. The highest BCUT2D eigenvalue weighted by Crippen LogP contribution is 2.11. The lowest BCUT2D eigenvalue weighted by Crippen LogP contribution is -2.22. The fourth-order valence-corrected chi connectivity index (χ4v) is 1.96. The van der Waals surface area contributed by atoms with Crippen LogP contribution in [0, 0.1) is 11.3 Å². The van der Waals surface area contributed by atoms with Crippen LogP contribution in [0.4, 0.5) is 5.69 Å². The molecule has 7 heteroatoms. The van der Waals surface area contributed by atoms with Gasteiger partial charge in [0.05, 0.1) is 0 Å². The average molecular weight is 386 g/mol. The Kier molecular flexibility index (Phi) is 6.23. The molecule has 0 heterocycles. The van der Waals surface area contributed by atoms with E-state index in [0.717, 1.165) is 4.47 Å². The van der Waals surface area contributed by atoms with E-state index in [2.05, 4.69) is 26.4 Å². The van der Waals surface area contributed by atoms with Crippen molar-refractivity contribution < 1.29 is 14.4 Å². The summed E-state index contributed by atoms with van der Waals surface area (Å²) in [4.78, 5) is 28.6. The van der Waals surface area contributed by atoms with Crippen LogP contribution in [0.5, 0.6) is 0 Å². The quantitative estimate of drug-likeness (QED) is 0.469. The van der Waals surface area contributed by atoms with E-state index in [1.165, 1.54) is 0 Å². The van der Waals surface area contributed by atoms with Crippen molar-refractivity contribution in [2.24, 2.45) is 5.16 Å². The molecular formula is C17H12BrN3O3. The van der Waals surface area contributed by atoms with Crippen LogP contribution in [0.1, 0.15) is 10.4 Å². The summed E-state index contributed by atoms with van der Waals surface area (Å²) in [6.45, 7) is -0.370. The molecule has 0 atom stereocenters. The third-order valence-corrected chi connectivity index (χ3v) is 3.40. The standard InChI is InChI=1S/C17H12BrN3O3/c18-13-8-6-12(7-9-13)16(22)11-24-21-15(10-19)17(23)20-14-4-2-1-3-5-14/h1-9H,11H2,(H,20,23). The van der Waals surface area contributed by atoms with Gasteiger partial charge in [-0.2, -0.15) is 5.26 Å². The first-order valence-electron chi connectivity index (χ1n) is 6.85. The molecule has 0 aliphatic heterocycles. The number of carbonyl (C=O) groups is 2. The Bertz CT molecular complexity index is 796. The minimum absolute atomic E-state index is 0.313. The molecule has 0 unspecified atom stereocenters. The van der Waals surface area contributed by atoms with E-state index in [1.807, 2.05) is 0 Å². The molecule has 0 saturated carbocycles. The van der Waals surface area contributed by atoms with Gasteiger partial charge in [-0.15, -0.1) is 0 Å². The van der Waals surface area contributed by atoms with Crippen molar-refractivity contribution in [2.45, 2.75) is 0 Å². The summed E-state index contributed by atoms with van der Waals surface area (Å²) >= 11 is 3.27. The lowest BCUT2D eigenvalue weighted by molar-refractivity contribution is -0.110. The number of amides is 1. The van der Waals surface area contributed by atoms with E-state index in [9.17, 15) is 9.59 Å². The van der Waals surface area contributed by atoms with Gasteiger partial charge in [0.25, 0.3) is 5.91 Å². The van der Waals surface area contributed by atoms with Crippen molar-refractivity contribution in [3.05, 3.63) is 64.6 Å². The van der Waals surface area contributed by atoms with Crippen LogP contribution in [0.25, 0.3) is 0 Å². The van der Waals surface area contributed by atoms with Crippen LogP contribution in [0.3, 0.4) is 0 Å². The zero-order valence-corrected chi connectivity index (χ0v) is 14.0. The van der Waals surface area contributed by atoms with Crippen LogP contribution in [0.2, 0.25) is 0 Å². The molecule has 0 bridgehead atoms. The SMILES string of the molecule is N#CC(=NOCC(=O)c1ccc(Br)cc1)C(=O)Nc1ccccc1. The number of anilines is 1. The van der Waals surface area contributed by atoms with Crippen LogP contribution >= 0.6 is 15.9 Å². The third-order valence-electron chi connectivity index (χ3n) is 2.87. The van der Waals surface area contributed by atoms with Gasteiger partial charge < -0.3 is 10.2 Å². The van der Waals surface area contributed by atoms with E-state index in [0.29, 0.717) is 11.3 Å². The van der Waals surface area contributed by atoms with Crippen molar-refractivity contribution in [1.29, 1.82) is 5.26 Å². The molecule has 0 fully saturated rings. The predicted octanol–water partition coefficient (Wildman–Crippen LogP) is 3.17. The molecule has 2 rings (SSSR count). The maximum absolute atomic E-state index is 11.9. The molecule has 1 N–H and O–H groups in total. The fourth-order valence-electron chi connectivity index (χ4n) is 1.70. The van der Waals surface area contributed by atoms with Crippen LogP contribution in [-0.2, 0) is 9.63 Å². The third kappa shape index (κ3) is 5.04. The van der Waals surface area contributed by atoms with Crippen LogP contribution in [-0.4, -0.2) is 24.0 Å². The number of Topliss-reactive ketones (excluding diaryl/α,β-unsaturated/α-hetero) is 1. The molecule has 120 valence electrons. The molecule has 0 aromatic heterocycles. The van der Waals surface area contributed by atoms with E-state index in [-0.39, 0.29) is 12.4 Å². The van der Waals surface area contributed by atoms with E-state index >= 15 is 0 Å². The second-order valence-electron chi connectivity index (χ2n) is 4.58. The Morgan fingerprint density at radius 2 is 1.79 bits per heavy atom. The van der Waals surface area contributed by atoms with Gasteiger partial charge in [-0.3, -0.25) is 9.59 Å². The Labute approximate surface area is 146 Å². The number of carbonyl (C=O) groups excluding carboxylic acids is 2. The first kappa shape index (κ1) is 17.4. The number of nitriles is 1. The van der Waals surface area contributed by atoms with E-state index < -0.39 is 11.6 Å². The summed E-state index contributed by atoms with van der Waals surface area (Å²) in [5.74, 6) is -1.02. The van der Waals surface area contributed by atoms with Crippen molar-refractivity contribution in [3.63, 3.8) is 0 Å². The first-order valence-corrected chi connectivity index (χ1v) is 7.64. The van der Waals surface area contributed by atoms with Crippen LogP contribution < -0.4 is 5.32 Å². The zero-order chi connectivity index (χ0) is 17.4. The largest absolute Gasteiger partial charge is 0.386 e. The summed E-state index contributed by atoms with van der Waals surface area (Å²) in [7, 11) is 0. The number of nitrogens with one attached hydrogen (secondary N) is 1. The van der Waals surface area contributed by atoms with E-state index in [1.54, 1.807) is 60.7 Å². The topological polar surface area (TPSA) is 91.5 Å². The first-order chi connectivity index (χ1) is 11.6. The number of hydrogen-bond acceptors (Lipinski definition) is 5. The van der Waals surface area contributed by atoms with Crippen molar-refractivity contribution in [3.8, 4) is 6.07 Å². The minimum atomic E-state index is -0.709. The Morgan fingerprint density at radius 1 is 1.12 bits per heavy atom. The predicted molar refractivity (Wildman–Crippen MR) is 92.5 cm³/mol. The second kappa shape index (κ2) is 8.60. The number of halogens is 1. The number of oxime groups is 1. The number of rotatable bonds is 6. The Morgan fingerprint density at radius 3 is 2.42 bits per heavy atom. The summed E-state index contributed by atoms with van der Waals surface area (Å²) in [5, 5.41) is 14.9. The molecule has 0 radical (unpaired) electrons. The number of ketones is 1. The fraction of sp³-hybridized carbons (Fsp3) is 0.0588. The van der Waals surface area contributed by atoms with Gasteiger partial charge in [-0.25, -0.2) is 0 Å². The van der Waals surface area contributed by atoms with Crippen molar-refractivity contribution in [2.75, 3.05) is 11.9 Å². The molecule has 0 spiro atoms. The number of para-hydroxylation sites is 1. The molecular weight excluding hydrogens is 374 g/mol. The summed E-state index contributed by atoms with van der Waals surface area (Å²) in [6.07, 6.45) is 0. The Hall–Kier alpha value is -2.98. The van der Waals surface area contributed by atoms with Crippen molar-refractivity contribution in [1.82, 2.24) is 0 Å². The van der Waals surface area contributed by atoms with Gasteiger partial charge in [0.2, 0.25) is 11.5 Å². The maximum atomic E-state index is 11.9. The monoisotopic (exact) mass is 385 g/mol. The van der Waals surface area contributed by atoms with Gasteiger partial charge in [-0.05, 0) is 24.3 Å². The lowest BCUT2D eigenvalue weighted by Gasteiger charge is -2.03. The summed E-state index contributed by atoms with van der Waals surface area (Å²) in [6, 6.07) is 17.0. The number of hydrogen-bond donors (Lipinski definition) is 1. The van der Waals surface area contributed by atoms with Gasteiger partial charge in [-0.1, -0.05) is 51.4 Å². The van der Waals surface area contributed by atoms with Gasteiger partial charge in [0.15, 0.2) is 6.61 Å². The molecule has 0 aliphatic rings. The highest BCUT2D eigenvalue weighted by molar-refractivity contribution is 9.10. The van der Waals surface area contributed by atoms with Gasteiger partial charge in [0.1, 0.15) is 6.07 Å². The summed E-state index contributed by atoms with van der Waals surface area (Å²) in [5.41, 5.74) is 0.500. The number of nitrogens with zero attached hydrogens (tertiary/aromatic N) is 2. The molecule has 2 aromatic rings. The molecule has 0 aliphatic carbocycles. The second-order valence-corrected chi connectivity index (χ2v) is 5.49. The average Bonchev–Trinajstić information content (AvgIpc) is 2.60. The smallest absolute Gasteiger partial charge is 0.288 e. The van der Waals surface area contributed by atoms with E-state index in [4.69, 9.17) is 10.1 Å². The van der Waals surface area contributed by atoms with Crippen LogP contribution in [0.15, 0.2) is 64.2 Å². The van der Waals surface area contributed by atoms with Gasteiger partial charge in [0, 0.05) is 15.7 Å². The zero-order valence-electron chi connectivity index (χ0n) is 12.4. The molecule has 0 saturated heterocycles.